The zero-order valence-electron chi connectivity index (χ0n) is 14.4. The van der Waals surface area contributed by atoms with E-state index < -0.39 is 8.96 Å². The van der Waals surface area contributed by atoms with Crippen molar-refractivity contribution in [3.05, 3.63) is 22.4 Å². The molecular weight excluding hydrogens is 341 g/mol. The Morgan fingerprint density at radius 1 is 0.950 bits per heavy atom. The van der Waals surface area contributed by atoms with Crippen molar-refractivity contribution in [3.8, 4) is 0 Å². The first-order valence-corrected chi connectivity index (χ1v) is 9.59. The van der Waals surface area contributed by atoms with E-state index in [0.29, 0.717) is 5.92 Å². The predicted octanol–water partition coefficient (Wildman–Crippen LogP) is 5.17. The molecule has 0 bridgehead atoms. The molecule has 20 heavy (non-hydrogen) atoms. The molecule has 0 saturated carbocycles. The molecule has 1 nitrogen and oxygen atoms in total. The summed E-state index contributed by atoms with van der Waals surface area (Å²) in [5.41, 5.74) is 6.42. The molecule has 0 aromatic rings. The molecule has 0 radical (unpaired) electrons. The third-order valence-electron chi connectivity index (χ3n) is 4.10. The topological polar surface area (TPSA) is 3.24 Å². The average Bonchev–Trinajstić information content (AvgIpc) is 2.33. The minimum atomic E-state index is -0.846. The maximum atomic E-state index is 2.73. The third-order valence-corrected chi connectivity index (χ3v) is 6.18. The summed E-state index contributed by atoms with van der Waals surface area (Å²) >= 11 is 0. The molecule has 0 fully saturated rings. The fraction of sp³-hybridized carbons (Fsp3) is 0.733. The predicted molar refractivity (Wildman–Crippen MR) is 95.2 cm³/mol. The van der Waals surface area contributed by atoms with Crippen molar-refractivity contribution in [2.45, 2.75) is 67.1 Å². The van der Waals surface area contributed by atoms with Gasteiger partial charge in [0.2, 0.25) is 0 Å². The Hall–Kier alpha value is 0.791. The van der Waals surface area contributed by atoms with Gasteiger partial charge in [0, 0.05) is 38.9 Å². The van der Waals surface area contributed by atoms with E-state index in [9.17, 15) is 0 Å². The summed E-state index contributed by atoms with van der Waals surface area (Å²) in [5.74, 6) is 0.601. The Morgan fingerprint density at radius 3 is 1.55 bits per heavy atom. The third kappa shape index (κ3) is 4.91. The van der Waals surface area contributed by atoms with E-state index in [1.807, 2.05) is 0 Å². The molecule has 0 spiro atoms. The van der Waals surface area contributed by atoms with Gasteiger partial charge in [0.1, 0.15) is 8.96 Å². The van der Waals surface area contributed by atoms with E-state index in [4.69, 9.17) is 0 Å². The average molecular weight is 372 g/mol. The first-order valence-electron chi connectivity index (χ1n) is 6.76. The fourth-order valence-corrected chi connectivity index (χ4v) is 5.67. The van der Waals surface area contributed by atoms with Crippen LogP contribution in [0.15, 0.2) is 22.4 Å². The molecule has 1 atom stereocenters. The zero-order valence-corrected chi connectivity index (χ0v) is 18.8. The van der Waals surface area contributed by atoms with Crippen LogP contribution in [-0.2, 0) is 21.7 Å². The van der Waals surface area contributed by atoms with Gasteiger partial charge in [0.05, 0.1) is 0 Å². The Kier molecular flexibility index (Phi) is 11.6. The van der Waals surface area contributed by atoms with Crippen LogP contribution in [0.5, 0.6) is 0 Å². The Labute approximate surface area is 155 Å². The van der Waals surface area contributed by atoms with Gasteiger partial charge in [0.15, 0.2) is 0 Å². The number of hydrogen-bond donors (Lipinski definition) is 0. The molecule has 0 heterocycles. The van der Waals surface area contributed by atoms with Gasteiger partial charge in [-0.1, -0.05) is 25.6 Å². The summed E-state index contributed by atoms with van der Waals surface area (Å²) in [6.45, 7) is 21.1. The largest absolute Gasteiger partial charge is 0.399 e. The summed E-state index contributed by atoms with van der Waals surface area (Å²) in [7, 11) is -0.846. The van der Waals surface area contributed by atoms with E-state index >= 15 is 0 Å². The summed E-state index contributed by atoms with van der Waals surface area (Å²) < 4.78 is 2.73. The van der Waals surface area contributed by atoms with Crippen LogP contribution in [0.4, 0.5) is 0 Å². The smallest absolute Gasteiger partial charge is 0.134 e. The first kappa shape index (κ1) is 25.7. The number of hydrogen-bond acceptors (Lipinski definition) is 1. The maximum absolute atomic E-state index is 2.73. The molecule has 1 aliphatic rings. The van der Waals surface area contributed by atoms with E-state index in [1.165, 1.54) is 11.1 Å². The molecule has 0 saturated heterocycles. The second-order valence-corrected chi connectivity index (χ2v) is 9.38. The quantitative estimate of drug-likeness (QED) is 0.605. The van der Waals surface area contributed by atoms with Crippen LogP contribution >= 0.6 is 24.8 Å². The van der Waals surface area contributed by atoms with Crippen molar-refractivity contribution < 1.29 is 21.7 Å². The summed E-state index contributed by atoms with van der Waals surface area (Å²) in [6.07, 6.45) is 0. The molecule has 1 rings (SSSR count). The van der Waals surface area contributed by atoms with Crippen LogP contribution in [-0.4, -0.2) is 19.1 Å². The minimum Gasteiger partial charge on any atom is -0.399 e. The molecule has 118 valence electrons. The summed E-state index contributed by atoms with van der Waals surface area (Å²) in [4.78, 5) is 0. The molecule has 0 aliphatic heterocycles. The molecule has 1 aliphatic carbocycles. The second kappa shape index (κ2) is 9.05. The van der Waals surface area contributed by atoms with E-state index in [0.717, 1.165) is 0 Å². The van der Waals surface area contributed by atoms with Crippen molar-refractivity contribution in [2.75, 3.05) is 0 Å². The van der Waals surface area contributed by atoms with Gasteiger partial charge in [-0.15, -0.1) is 24.8 Å². The van der Waals surface area contributed by atoms with Gasteiger partial charge in [-0.3, -0.25) is 0 Å². The van der Waals surface area contributed by atoms with Gasteiger partial charge >= 0.3 is 0 Å². The van der Waals surface area contributed by atoms with Gasteiger partial charge < -0.3 is 4.57 Å². The van der Waals surface area contributed by atoms with Gasteiger partial charge in [-0.05, 0) is 52.7 Å². The van der Waals surface area contributed by atoms with Crippen molar-refractivity contribution in [3.63, 3.8) is 0 Å². The van der Waals surface area contributed by atoms with Gasteiger partial charge in [-0.2, -0.15) is 0 Å². The van der Waals surface area contributed by atoms with Crippen LogP contribution in [0, 0.1) is 5.92 Å². The molecule has 1 unspecified atom stereocenters. The van der Waals surface area contributed by atoms with Gasteiger partial charge in [0.25, 0.3) is 0 Å². The molecule has 5 heteroatoms. The van der Waals surface area contributed by atoms with E-state index in [1.54, 1.807) is 11.3 Å². The molecule has 0 aromatic heterocycles. The first-order chi connectivity index (χ1) is 7.59. The summed E-state index contributed by atoms with van der Waals surface area (Å²) in [5, 5.41) is 0. The Bertz CT molecular complexity index is 384. The van der Waals surface area contributed by atoms with Crippen LogP contribution in [0.1, 0.15) is 48.5 Å². The normalized spacial score (nSPS) is 18.6. The molecule has 0 amide bonds. The van der Waals surface area contributed by atoms with Crippen LogP contribution in [0.25, 0.3) is 0 Å². The van der Waals surface area contributed by atoms with Crippen LogP contribution in [0.3, 0.4) is 0 Å². The minimum absolute atomic E-state index is 0. The van der Waals surface area contributed by atoms with Crippen molar-refractivity contribution in [2.24, 2.45) is 5.92 Å². The van der Waals surface area contributed by atoms with Crippen LogP contribution < -0.4 is 0 Å². The maximum Gasteiger partial charge on any atom is 0.134 e. The fourth-order valence-electron chi connectivity index (χ4n) is 3.15. The number of rotatable bonds is 2. The van der Waals surface area contributed by atoms with Gasteiger partial charge in [-0.25, -0.2) is 0 Å². The zero-order chi connectivity index (χ0) is 13.5. The molecule has 0 N–H and O–H groups in total. The van der Waals surface area contributed by atoms with E-state index in [-0.39, 0.29) is 52.1 Å². The summed E-state index contributed by atoms with van der Waals surface area (Å²) in [6, 6.07) is 0. The second-order valence-electron chi connectivity index (χ2n) is 6.67. The Balaban J connectivity index is -0.000000963. The standard InChI is InChI=1S/C15H29NSi.2ClH.Ti/c1-10-11(2)13(4)14(12(10)3)16(17(8)9)15(5,6)7;;;/h12,17H,1-9H3;2*1H;. The van der Waals surface area contributed by atoms with E-state index in [2.05, 4.69) is 66.1 Å². The number of nitrogens with zero attached hydrogens (tertiary/aromatic N) is 1. The number of allylic oxidation sites excluding steroid dienone is 3. The number of halogens is 2. The van der Waals surface area contributed by atoms with Crippen molar-refractivity contribution in [1.29, 1.82) is 0 Å². The Morgan fingerprint density at radius 2 is 1.35 bits per heavy atom. The monoisotopic (exact) mass is 371 g/mol. The van der Waals surface area contributed by atoms with Crippen molar-refractivity contribution >= 4 is 33.8 Å². The van der Waals surface area contributed by atoms with Crippen LogP contribution in [0.2, 0.25) is 13.1 Å². The molecule has 0 aromatic carbocycles. The molecular formula is C15H31Cl2NSiTi. The SMILES string of the molecule is CC1=C(C)C(C)C(N([SiH](C)C)C(C)(C)C)=C1C.Cl.Cl.[Ti]. The van der Waals surface area contributed by atoms with Crippen molar-refractivity contribution in [1.82, 2.24) is 4.57 Å².